The van der Waals surface area contributed by atoms with Crippen molar-refractivity contribution in [3.8, 4) is 5.75 Å². The summed E-state index contributed by atoms with van der Waals surface area (Å²) in [5, 5.41) is 10.9. The smallest absolute Gasteiger partial charge is 0.328 e. The maximum Gasteiger partial charge on any atom is 0.328 e. The lowest BCUT2D eigenvalue weighted by molar-refractivity contribution is -0.385. The Labute approximate surface area is 161 Å². The largest absolute Gasteiger partial charge is 0.460 e. The number of benzene rings is 2. The molecule has 0 aliphatic carbocycles. The average Bonchev–Trinajstić information content (AvgIpc) is 2.70. The number of nitro groups is 1. The number of esters is 2. The third-order valence-corrected chi connectivity index (χ3v) is 3.89. The molecule has 2 aromatic carbocycles. The summed E-state index contributed by atoms with van der Waals surface area (Å²) in [6.07, 6.45) is 0.155. The zero-order valence-corrected chi connectivity index (χ0v) is 15.0. The van der Waals surface area contributed by atoms with Gasteiger partial charge in [-0.05, 0) is 24.5 Å². The molecule has 0 fully saturated rings. The molecule has 4 N–H and O–H groups in total. The van der Waals surface area contributed by atoms with Gasteiger partial charge in [-0.3, -0.25) is 14.9 Å². The van der Waals surface area contributed by atoms with Crippen LogP contribution in [0, 0.1) is 10.1 Å². The number of para-hydroxylation sites is 2. The van der Waals surface area contributed by atoms with E-state index < -0.39 is 28.9 Å². The van der Waals surface area contributed by atoms with Gasteiger partial charge in [-0.2, -0.15) is 0 Å². The minimum absolute atomic E-state index is 0.0566. The topological polar surface area (TPSA) is 148 Å². The predicted molar refractivity (Wildman–Crippen MR) is 100 cm³/mol. The normalized spacial score (nSPS) is 12.6. The first-order valence-electron chi connectivity index (χ1n) is 8.55. The summed E-state index contributed by atoms with van der Waals surface area (Å²) in [6.45, 7) is 0.0964. The van der Waals surface area contributed by atoms with Crippen molar-refractivity contribution >= 4 is 17.6 Å². The second kappa shape index (κ2) is 10.1. The Kier molecular flexibility index (Phi) is 7.61. The molecule has 0 saturated heterocycles. The van der Waals surface area contributed by atoms with Crippen LogP contribution in [0.25, 0.3) is 0 Å². The average molecular weight is 387 g/mol. The minimum atomic E-state index is -1.09. The maximum absolute atomic E-state index is 12.1. The summed E-state index contributed by atoms with van der Waals surface area (Å²) in [4.78, 5) is 34.3. The number of nitro benzene ring substituents is 1. The summed E-state index contributed by atoms with van der Waals surface area (Å²) in [5.74, 6) is -1.65. The van der Waals surface area contributed by atoms with Crippen LogP contribution in [0.5, 0.6) is 5.75 Å². The van der Waals surface area contributed by atoms with Crippen LogP contribution in [-0.4, -0.2) is 28.9 Å². The fraction of sp³-hybridized carbons (Fsp3) is 0.263. The Balaban J connectivity index is 1.80. The van der Waals surface area contributed by atoms with Crippen LogP contribution in [0.15, 0.2) is 54.6 Å². The quantitative estimate of drug-likeness (QED) is 0.286. The number of rotatable bonds is 9. The highest BCUT2D eigenvalue weighted by Gasteiger charge is 2.23. The monoisotopic (exact) mass is 387 g/mol. The molecular weight excluding hydrogens is 366 g/mol. The highest BCUT2D eigenvalue weighted by molar-refractivity contribution is 5.79. The fourth-order valence-corrected chi connectivity index (χ4v) is 2.31. The van der Waals surface area contributed by atoms with Crippen LogP contribution in [0.4, 0.5) is 5.69 Å². The van der Waals surface area contributed by atoms with Gasteiger partial charge in [-0.25, -0.2) is 4.79 Å². The van der Waals surface area contributed by atoms with Gasteiger partial charge in [0.2, 0.25) is 5.75 Å². The van der Waals surface area contributed by atoms with Crippen molar-refractivity contribution < 1.29 is 24.0 Å². The molecule has 0 radical (unpaired) electrons. The van der Waals surface area contributed by atoms with Crippen LogP contribution in [-0.2, 0) is 20.9 Å². The van der Waals surface area contributed by atoms with Crippen molar-refractivity contribution in [2.75, 3.05) is 0 Å². The van der Waals surface area contributed by atoms with E-state index in [-0.39, 0.29) is 30.9 Å². The van der Waals surface area contributed by atoms with E-state index in [9.17, 15) is 19.7 Å². The van der Waals surface area contributed by atoms with Crippen LogP contribution >= 0.6 is 0 Å². The molecule has 148 valence electrons. The summed E-state index contributed by atoms with van der Waals surface area (Å²) < 4.78 is 10.1. The Bertz CT molecular complexity index is 827. The van der Waals surface area contributed by atoms with Gasteiger partial charge in [0, 0.05) is 6.07 Å². The first-order chi connectivity index (χ1) is 13.4. The Hall–Kier alpha value is -3.30. The Morgan fingerprint density at radius 1 is 0.929 bits per heavy atom. The minimum Gasteiger partial charge on any atom is -0.460 e. The first-order valence-corrected chi connectivity index (χ1v) is 8.55. The molecule has 1 unspecified atom stereocenters. The van der Waals surface area contributed by atoms with E-state index in [1.165, 1.54) is 24.3 Å². The maximum atomic E-state index is 12.1. The number of hydrogen-bond donors (Lipinski definition) is 2. The fourth-order valence-electron chi connectivity index (χ4n) is 2.31. The lowest BCUT2D eigenvalue weighted by Crippen LogP contribution is -2.38. The first kappa shape index (κ1) is 21.0. The standard InChI is InChI=1S/C19H21N3O6/c20-14(18(23)27-12-13-6-2-1-3-7-13)10-11-15(21)19(24)28-17-9-5-4-8-16(17)22(25)26/h1-9,14-15H,10-12,20-21H2/t14?,15-/m1/s1. The van der Waals surface area contributed by atoms with Gasteiger partial charge in [-0.15, -0.1) is 0 Å². The van der Waals surface area contributed by atoms with Crippen LogP contribution < -0.4 is 16.2 Å². The van der Waals surface area contributed by atoms with Gasteiger partial charge in [0.05, 0.1) is 4.92 Å². The van der Waals surface area contributed by atoms with Gasteiger partial charge >= 0.3 is 17.6 Å². The van der Waals surface area contributed by atoms with Crippen molar-refractivity contribution in [1.29, 1.82) is 0 Å². The molecule has 0 spiro atoms. The number of carbonyl (C=O) groups is 2. The summed E-state index contributed by atoms with van der Waals surface area (Å²) in [6, 6.07) is 12.6. The molecule has 28 heavy (non-hydrogen) atoms. The molecule has 0 aliphatic rings. The Morgan fingerprint density at radius 3 is 2.14 bits per heavy atom. The molecule has 0 amide bonds. The highest BCUT2D eigenvalue weighted by Crippen LogP contribution is 2.26. The molecule has 0 bridgehead atoms. The summed E-state index contributed by atoms with van der Waals surface area (Å²) in [5.41, 5.74) is 12.0. The van der Waals surface area contributed by atoms with Crippen molar-refractivity contribution in [3.05, 3.63) is 70.3 Å². The molecular formula is C19H21N3O6. The van der Waals surface area contributed by atoms with Crippen LogP contribution in [0.1, 0.15) is 18.4 Å². The molecule has 0 heterocycles. The van der Waals surface area contributed by atoms with E-state index in [1.807, 2.05) is 30.3 Å². The lowest BCUT2D eigenvalue weighted by atomic mass is 10.1. The molecule has 2 rings (SSSR count). The van der Waals surface area contributed by atoms with E-state index >= 15 is 0 Å². The molecule has 2 aromatic rings. The van der Waals surface area contributed by atoms with E-state index in [4.69, 9.17) is 20.9 Å². The van der Waals surface area contributed by atoms with Gasteiger partial charge in [0.1, 0.15) is 18.7 Å². The van der Waals surface area contributed by atoms with Crippen molar-refractivity contribution in [2.24, 2.45) is 11.5 Å². The van der Waals surface area contributed by atoms with E-state index in [2.05, 4.69) is 0 Å². The zero-order valence-electron chi connectivity index (χ0n) is 15.0. The van der Waals surface area contributed by atoms with Crippen molar-refractivity contribution in [3.63, 3.8) is 0 Å². The number of ether oxygens (including phenoxy) is 2. The summed E-state index contributed by atoms with van der Waals surface area (Å²) in [7, 11) is 0. The molecule has 2 atom stereocenters. The third-order valence-electron chi connectivity index (χ3n) is 3.89. The molecule has 0 aromatic heterocycles. The lowest BCUT2D eigenvalue weighted by Gasteiger charge is -2.14. The number of hydrogen-bond acceptors (Lipinski definition) is 8. The van der Waals surface area contributed by atoms with E-state index in [0.29, 0.717) is 0 Å². The number of nitrogens with zero attached hydrogens (tertiary/aromatic N) is 1. The second-order valence-corrected chi connectivity index (χ2v) is 6.03. The third kappa shape index (κ3) is 6.15. The van der Waals surface area contributed by atoms with Gasteiger partial charge in [-0.1, -0.05) is 42.5 Å². The molecule has 9 nitrogen and oxygen atoms in total. The second-order valence-electron chi connectivity index (χ2n) is 6.03. The highest BCUT2D eigenvalue weighted by atomic mass is 16.6. The van der Waals surface area contributed by atoms with Crippen molar-refractivity contribution in [2.45, 2.75) is 31.5 Å². The van der Waals surface area contributed by atoms with Crippen LogP contribution in [0.2, 0.25) is 0 Å². The van der Waals surface area contributed by atoms with Crippen LogP contribution in [0.3, 0.4) is 0 Å². The van der Waals surface area contributed by atoms with Crippen molar-refractivity contribution in [1.82, 2.24) is 0 Å². The van der Waals surface area contributed by atoms with Gasteiger partial charge in [0.15, 0.2) is 0 Å². The van der Waals surface area contributed by atoms with E-state index in [1.54, 1.807) is 0 Å². The summed E-state index contributed by atoms with van der Waals surface area (Å²) >= 11 is 0. The Morgan fingerprint density at radius 2 is 1.50 bits per heavy atom. The SMILES string of the molecule is NC(CC[C@@H](N)C(=O)Oc1ccccc1[N+](=O)[O-])C(=O)OCc1ccccc1. The molecule has 0 aliphatic heterocycles. The van der Waals surface area contributed by atoms with Gasteiger partial charge < -0.3 is 20.9 Å². The zero-order chi connectivity index (χ0) is 20.5. The number of nitrogens with two attached hydrogens (primary N) is 2. The van der Waals surface area contributed by atoms with E-state index in [0.717, 1.165) is 5.56 Å². The molecule has 9 heteroatoms. The molecule has 0 saturated carbocycles. The number of carbonyl (C=O) groups excluding carboxylic acids is 2. The van der Waals surface area contributed by atoms with Gasteiger partial charge in [0.25, 0.3) is 0 Å². The predicted octanol–water partition coefficient (Wildman–Crippen LogP) is 1.68.